The maximum absolute atomic E-state index is 3.21. The second kappa shape index (κ2) is 4.29. The number of thiophene rings is 1. The van der Waals surface area contributed by atoms with Crippen LogP contribution >= 0.6 is 11.3 Å². The molecule has 2 rings (SSSR count). The first-order valence-corrected chi connectivity index (χ1v) is 5.56. The molecule has 72 valence electrons. The molecule has 0 amide bonds. The first kappa shape index (κ1) is 9.28. The van der Waals surface area contributed by atoms with Gasteiger partial charge in [0.25, 0.3) is 0 Å². The Morgan fingerprint density at radius 1 is 1.14 bits per heavy atom. The zero-order valence-corrected chi connectivity index (χ0v) is 8.97. The second-order valence-electron chi connectivity index (χ2n) is 3.17. The van der Waals surface area contributed by atoms with E-state index in [-0.39, 0.29) is 0 Å². The van der Waals surface area contributed by atoms with E-state index in [4.69, 9.17) is 0 Å². The molecule has 1 aromatic heterocycles. The molecule has 0 fully saturated rings. The molecule has 0 saturated carbocycles. The van der Waals surface area contributed by atoms with Gasteiger partial charge in [0, 0.05) is 24.0 Å². The molecule has 1 N–H and O–H groups in total. The Morgan fingerprint density at radius 2 is 1.93 bits per heavy atom. The van der Waals surface area contributed by atoms with Crippen molar-refractivity contribution in [2.75, 3.05) is 12.4 Å². The Kier molecular flexibility index (Phi) is 2.84. The molecule has 1 heterocycles. The summed E-state index contributed by atoms with van der Waals surface area (Å²) in [6, 6.07) is 12.7. The third kappa shape index (κ3) is 1.96. The van der Waals surface area contributed by atoms with Gasteiger partial charge in [0.2, 0.25) is 0 Å². The van der Waals surface area contributed by atoms with E-state index in [1.807, 2.05) is 7.05 Å². The summed E-state index contributed by atoms with van der Waals surface area (Å²) >= 11 is 1.81. The number of anilines is 1. The van der Waals surface area contributed by atoms with E-state index in [0.717, 1.165) is 6.42 Å². The minimum Gasteiger partial charge on any atom is -0.387 e. The van der Waals surface area contributed by atoms with Gasteiger partial charge in [-0.2, -0.15) is 0 Å². The number of hydrogen-bond donors (Lipinski definition) is 1. The molecule has 0 atom stereocenters. The van der Waals surface area contributed by atoms with Crippen LogP contribution in [0.3, 0.4) is 0 Å². The van der Waals surface area contributed by atoms with Crippen LogP contribution in [0.1, 0.15) is 10.4 Å². The summed E-state index contributed by atoms with van der Waals surface area (Å²) < 4.78 is 0. The van der Waals surface area contributed by atoms with Gasteiger partial charge in [0.05, 0.1) is 0 Å². The van der Waals surface area contributed by atoms with E-state index in [9.17, 15) is 0 Å². The Morgan fingerprint density at radius 3 is 2.64 bits per heavy atom. The Bertz CT molecular complexity index is 392. The Hall–Kier alpha value is -1.28. The lowest BCUT2D eigenvalue weighted by Gasteiger charge is -2.02. The van der Waals surface area contributed by atoms with Crippen LogP contribution in [-0.2, 0) is 6.42 Å². The third-order valence-corrected chi connectivity index (χ3v) is 3.14. The summed E-state index contributed by atoms with van der Waals surface area (Å²) in [5, 5.41) is 5.34. The fraction of sp³-hybridized carbons (Fsp3) is 0.167. The SMILES string of the molecule is CNc1ccsc1Cc1ccccc1. The fourth-order valence-corrected chi connectivity index (χ4v) is 2.40. The van der Waals surface area contributed by atoms with Gasteiger partial charge >= 0.3 is 0 Å². The highest BCUT2D eigenvalue weighted by molar-refractivity contribution is 7.10. The fourth-order valence-electron chi connectivity index (χ4n) is 1.48. The third-order valence-electron chi connectivity index (χ3n) is 2.22. The van der Waals surface area contributed by atoms with E-state index in [2.05, 4.69) is 47.1 Å². The summed E-state index contributed by atoms with van der Waals surface area (Å²) in [5.41, 5.74) is 2.62. The summed E-state index contributed by atoms with van der Waals surface area (Å²) in [6.45, 7) is 0. The van der Waals surface area contributed by atoms with Crippen LogP contribution < -0.4 is 5.32 Å². The van der Waals surface area contributed by atoms with E-state index in [0.29, 0.717) is 0 Å². The van der Waals surface area contributed by atoms with Crippen molar-refractivity contribution in [2.45, 2.75) is 6.42 Å². The van der Waals surface area contributed by atoms with E-state index in [1.165, 1.54) is 16.1 Å². The van der Waals surface area contributed by atoms with Gasteiger partial charge in [-0.25, -0.2) is 0 Å². The van der Waals surface area contributed by atoms with Crippen molar-refractivity contribution in [3.8, 4) is 0 Å². The zero-order valence-electron chi connectivity index (χ0n) is 8.16. The molecule has 2 heteroatoms. The molecule has 0 aliphatic rings. The average molecular weight is 203 g/mol. The standard InChI is InChI=1S/C12H13NS/c1-13-11-7-8-14-12(11)9-10-5-3-2-4-6-10/h2-8,13H,9H2,1H3. The first-order chi connectivity index (χ1) is 6.90. The maximum atomic E-state index is 3.21. The normalized spacial score (nSPS) is 10.1. The van der Waals surface area contributed by atoms with Crippen molar-refractivity contribution >= 4 is 17.0 Å². The van der Waals surface area contributed by atoms with E-state index in [1.54, 1.807) is 11.3 Å². The van der Waals surface area contributed by atoms with Gasteiger partial charge in [0.1, 0.15) is 0 Å². The molecule has 0 saturated heterocycles. The van der Waals surface area contributed by atoms with Crippen LogP contribution in [0, 0.1) is 0 Å². The summed E-state index contributed by atoms with van der Waals surface area (Å²) in [6.07, 6.45) is 1.02. The first-order valence-electron chi connectivity index (χ1n) is 4.68. The number of benzene rings is 1. The smallest absolute Gasteiger partial charge is 0.0482 e. The van der Waals surface area contributed by atoms with E-state index >= 15 is 0 Å². The number of rotatable bonds is 3. The van der Waals surface area contributed by atoms with Crippen molar-refractivity contribution in [3.63, 3.8) is 0 Å². The second-order valence-corrected chi connectivity index (χ2v) is 4.17. The van der Waals surface area contributed by atoms with Crippen molar-refractivity contribution in [2.24, 2.45) is 0 Å². The maximum Gasteiger partial charge on any atom is 0.0482 e. The molecule has 0 spiro atoms. The molecule has 0 radical (unpaired) electrons. The van der Waals surface area contributed by atoms with Crippen LogP contribution in [0.4, 0.5) is 5.69 Å². The largest absolute Gasteiger partial charge is 0.387 e. The number of nitrogens with one attached hydrogen (secondary N) is 1. The van der Waals surface area contributed by atoms with E-state index < -0.39 is 0 Å². The van der Waals surface area contributed by atoms with Gasteiger partial charge in [0.15, 0.2) is 0 Å². The monoisotopic (exact) mass is 203 g/mol. The molecule has 0 aliphatic carbocycles. The molecular weight excluding hydrogens is 190 g/mol. The van der Waals surface area contributed by atoms with Crippen LogP contribution in [0.5, 0.6) is 0 Å². The summed E-state index contributed by atoms with van der Waals surface area (Å²) in [7, 11) is 1.97. The summed E-state index contributed by atoms with van der Waals surface area (Å²) in [5.74, 6) is 0. The van der Waals surface area contributed by atoms with Crippen molar-refractivity contribution in [1.82, 2.24) is 0 Å². The van der Waals surface area contributed by atoms with Gasteiger partial charge < -0.3 is 5.32 Å². The van der Waals surface area contributed by atoms with Gasteiger partial charge in [-0.1, -0.05) is 30.3 Å². The zero-order chi connectivity index (χ0) is 9.80. The molecule has 1 aromatic carbocycles. The number of hydrogen-bond acceptors (Lipinski definition) is 2. The molecule has 0 unspecified atom stereocenters. The predicted octanol–water partition coefficient (Wildman–Crippen LogP) is 3.38. The topological polar surface area (TPSA) is 12.0 Å². The van der Waals surface area contributed by atoms with Crippen LogP contribution in [0.2, 0.25) is 0 Å². The predicted molar refractivity (Wildman–Crippen MR) is 63.1 cm³/mol. The minimum absolute atomic E-state index is 1.02. The lowest BCUT2D eigenvalue weighted by Crippen LogP contribution is -1.91. The Balaban J connectivity index is 2.19. The average Bonchev–Trinajstić information content (AvgIpc) is 2.67. The van der Waals surface area contributed by atoms with Crippen LogP contribution in [0.25, 0.3) is 0 Å². The van der Waals surface area contributed by atoms with Crippen molar-refractivity contribution in [3.05, 3.63) is 52.2 Å². The lowest BCUT2D eigenvalue weighted by molar-refractivity contribution is 1.24. The van der Waals surface area contributed by atoms with Gasteiger partial charge in [-0.3, -0.25) is 0 Å². The molecule has 1 nitrogen and oxygen atoms in total. The highest BCUT2D eigenvalue weighted by Crippen LogP contribution is 2.24. The molecule has 14 heavy (non-hydrogen) atoms. The lowest BCUT2D eigenvalue weighted by atomic mass is 10.1. The molecule has 2 aromatic rings. The quantitative estimate of drug-likeness (QED) is 0.806. The van der Waals surface area contributed by atoms with Crippen molar-refractivity contribution in [1.29, 1.82) is 0 Å². The highest BCUT2D eigenvalue weighted by atomic mass is 32.1. The van der Waals surface area contributed by atoms with Crippen LogP contribution in [-0.4, -0.2) is 7.05 Å². The highest BCUT2D eigenvalue weighted by Gasteiger charge is 2.02. The van der Waals surface area contributed by atoms with Crippen molar-refractivity contribution < 1.29 is 0 Å². The molecular formula is C12H13NS. The van der Waals surface area contributed by atoms with Gasteiger partial charge in [-0.15, -0.1) is 11.3 Å². The Labute approximate surface area is 88.4 Å². The minimum atomic E-state index is 1.02. The van der Waals surface area contributed by atoms with Crippen LogP contribution in [0.15, 0.2) is 41.8 Å². The summed E-state index contributed by atoms with van der Waals surface area (Å²) in [4.78, 5) is 1.40. The van der Waals surface area contributed by atoms with Gasteiger partial charge in [-0.05, 0) is 17.0 Å². The molecule has 0 bridgehead atoms. The molecule has 0 aliphatic heterocycles.